The lowest BCUT2D eigenvalue weighted by Gasteiger charge is -2.14. The minimum Gasteiger partial charge on any atom is -0.314 e. The van der Waals surface area contributed by atoms with E-state index in [0.29, 0.717) is 6.04 Å². The fourth-order valence-corrected chi connectivity index (χ4v) is 2.00. The first-order valence-electron chi connectivity index (χ1n) is 5.42. The van der Waals surface area contributed by atoms with Gasteiger partial charge >= 0.3 is 0 Å². The van der Waals surface area contributed by atoms with Crippen molar-refractivity contribution in [1.29, 1.82) is 0 Å². The highest BCUT2D eigenvalue weighted by molar-refractivity contribution is 4.89. The molecule has 4 nitrogen and oxygen atoms in total. The van der Waals surface area contributed by atoms with Crippen molar-refractivity contribution in [2.45, 2.75) is 38.1 Å². The highest BCUT2D eigenvalue weighted by atomic mass is 15.3. The minimum absolute atomic E-state index is 0.598. The molecule has 0 amide bonds. The monoisotopic (exact) mass is 194 g/mol. The van der Waals surface area contributed by atoms with Crippen LogP contribution in [0.1, 0.15) is 31.5 Å². The van der Waals surface area contributed by atoms with Crippen LogP contribution in [-0.4, -0.2) is 27.4 Å². The maximum absolute atomic E-state index is 4.25. The van der Waals surface area contributed by atoms with Crippen molar-refractivity contribution in [3.63, 3.8) is 0 Å². The molecule has 0 aromatic carbocycles. The normalized spacial score (nSPS) is 23.4. The standard InChI is InChI=1S/C10H18N4/c1-14-10(12-8-13-14)7-9-5-3-2-4-6-11-9/h8-9,11H,2-7H2,1H3. The molecular formula is C10H18N4. The molecule has 0 spiro atoms. The second-order valence-corrected chi connectivity index (χ2v) is 4.00. The van der Waals surface area contributed by atoms with E-state index in [-0.39, 0.29) is 0 Å². The number of hydrogen-bond acceptors (Lipinski definition) is 3. The van der Waals surface area contributed by atoms with Crippen molar-refractivity contribution >= 4 is 0 Å². The van der Waals surface area contributed by atoms with Gasteiger partial charge in [0.05, 0.1) is 0 Å². The first kappa shape index (κ1) is 9.65. The van der Waals surface area contributed by atoms with E-state index in [1.54, 1.807) is 6.33 Å². The number of nitrogens with zero attached hydrogens (tertiary/aromatic N) is 3. The van der Waals surface area contributed by atoms with E-state index in [1.807, 2.05) is 11.7 Å². The smallest absolute Gasteiger partial charge is 0.138 e. The molecule has 2 rings (SSSR count). The Bertz CT molecular complexity index is 273. The van der Waals surface area contributed by atoms with Gasteiger partial charge in [-0.15, -0.1) is 0 Å². The van der Waals surface area contributed by atoms with Gasteiger partial charge in [0.15, 0.2) is 0 Å². The molecule has 1 N–H and O–H groups in total. The van der Waals surface area contributed by atoms with Gasteiger partial charge in [0.1, 0.15) is 12.2 Å². The highest BCUT2D eigenvalue weighted by Gasteiger charge is 2.14. The summed E-state index contributed by atoms with van der Waals surface area (Å²) in [7, 11) is 1.96. The van der Waals surface area contributed by atoms with Crippen LogP contribution in [0, 0.1) is 0 Å². The van der Waals surface area contributed by atoms with Gasteiger partial charge in [0, 0.05) is 19.5 Å². The van der Waals surface area contributed by atoms with Crippen LogP contribution in [0.2, 0.25) is 0 Å². The van der Waals surface area contributed by atoms with Crippen molar-refractivity contribution in [3.8, 4) is 0 Å². The average molecular weight is 194 g/mol. The molecule has 1 fully saturated rings. The lowest BCUT2D eigenvalue weighted by molar-refractivity contribution is 0.487. The van der Waals surface area contributed by atoms with E-state index in [9.17, 15) is 0 Å². The summed E-state index contributed by atoms with van der Waals surface area (Å²) in [6, 6.07) is 0.598. The van der Waals surface area contributed by atoms with Crippen LogP contribution < -0.4 is 5.32 Å². The van der Waals surface area contributed by atoms with Crippen LogP contribution in [0.5, 0.6) is 0 Å². The van der Waals surface area contributed by atoms with Gasteiger partial charge < -0.3 is 5.32 Å². The molecule has 0 radical (unpaired) electrons. The van der Waals surface area contributed by atoms with Gasteiger partial charge in [-0.1, -0.05) is 12.8 Å². The van der Waals surface area contributed by atoms with Gasteiger partial charge in [-0.25, -0.2) is 4.98 Å². The minimum atomic E-state index is 0.598. The first-order valence-corrected chi connectivity index (χ1v) is 5.42. The molecule has 0 saturated carbocycles. The zero-order valence-corrected chi connectivity index (χ0v) is 8.74. The third-order valence-electron chi connectivity index (χ3n) is 2.90. The summed E-state index contributed by atoms with van der Waals surface area (Å²) in [5.41, 5.74) is 0. The largest absolute Gasteiger partial charge is 0.314 e. The van der Waals surface area contributed by atoms with Crippen LogP contribution in [0.3, 0.4) is 0 Å². The molecule has 1 aromatic rings. The Morgan fingerprint density at radius 2 is 2.43 bits per heavy atom. The van der Waals surface area contributed by atoms with E-state index in [0.717, 1.165) is 18.8 Å². The third-order valence-corrected chi connectivity index (χ3v) is 2.90. The van der Waals surface area contributed by atoms with Crippen LogP contribution in [0.15, 0.2) is 6.33 Å². The SMILES string of the molecule is Cn1ncnc1CC1CCCCCN1. The summed E-state index contributed by atoms with van der Waals surface area (Å²) in [4.78, 5) is 4.25. The molecule has 14 heavy (non-hydrogen) atoms. The molecule has 1 aromatic heterocycles. The number of rotatable bonds is 2. The Morgan fingerprint density at radius 1 is 1.50 bits per heavy atom. The van der Waals surface area contributed by atoms with Gasteiger partial charge in [0.25, 0.3) is 0 Å². The molecule has 0 bridgehead atoms. The zero-order chi connectivity index (χ0) is 9.80. The molecule has 1 aliphatic heterocycles. The number of aryl methyl sites for hydroxylation is 1. The van der Waals surface area contributed by atoms with Crippen molar-refractivity contribution < 1.29 is 0 Å². The van der Waals surface area contributed by atoms with Gasteiger partial charge in [0.2, 0.25) is 0 Å². The summed E-state index contributed by atoms with van der Waals surface area (Å²) >= 11 is 0. The molecule has 2 heterocycles. The van der Waals surface area contributed by atoms with E-state index in [4.69, 9.17) is 0 Å². The van der Waals surface area contributed by atoms with Gasteiger partial charge in [-0.2, -0.15) is 5.10 Å². The molecule has 1 unspecified atom stereocenters. The maximum Gasteiger partial charge on any atom is 0.138 e. The molecule has 4 heteroatoms. The van der Waals surface area contributed by atoms with E-state index in [2.05, 4.69) is 15.4 Å². The van der Waals surface area contributed by atoms with Crippen molar-refractivity contribution in [2.24, 2.45) is 7.05 Å². The van der Waals surface area contributed by atoms with Crippen molar-refractivity contribution in [2.75, 3.05) is 6.54 Å². The summed E-state index contributed by atoms with van der Waals surface area (Å²) in [6.07, 6.45) is 7.93. The average Bonchev–Trinajstić information content (AvgIpc) is 2.44. The van der Waals surface area contributed by atoms with Crippen LogP contribution >= 0.6 is 0 Å². The number of hydrogen-bond donors (Lipinski definition) is 1. The Balaban J connectivity index is 1.92. The van der Waals surface area contributed by atoms with Crippen molar-refractivity contribution in [3.05, 3.63) is 12.2 Å². The molecule has 1 saturated heterocycles. The lowest BCUT2D eigenvalue weighted by Crippen LogP contribution is -2.31. The summed E-state index contributed by atoms with van der Waals surface area (Å²) in [5.74, 6) is 1.09. The molecule has 1 aliphatic rings. The summed E-state index contributed by atoms with van der Waals surface area (Å²) in [6.45, 7) is 1.16. The summed E-state index contributed by atoms with van der Waals surface area (Å²) < 4.78 is 1.87. The molecule has 1 atom stereocenters. The Hall–Kier alpha value is -0.900. The predicted octanol–water partition coefficient (Wildman–Crippen LogP) is 0.890. The van der Waals surface area contributed by atoms with Crippen molar-refractivity contribution in [1.82, 2.24) is 20.1 Å². The van der Waals surface area contributed by atoms with E-state index < -0.39 is 0 Å². The van der Waals surface area contributed by atoms with Crippen LogP contribution in [0.4, 0.5) is 0 Å². The van der Waals surface area contributed by atoms with Gasteiger partial charge in [-0.05, 0) is 19.4 Å². The second-order valence-electron chi connectivity index (χ2n) is 4.00. The second kappa shape index (κ2) is 4.55. The lowest BCUT2D eigenvalue weighted by atomic mass is 10.1. The maximum atomic E-state index is 4.25. The van der Waals surface area contributed by atoms with E-state index in [1.165, 1.54) is 25.7 Å². The number of aromatic nitrogens is 3. The van der Waals surface area contributed by atoms with Crippen LogP contribution in [-0.2, 0) is 13.5 Å². The van der Waals surface area contributed by atoms with Gasteiger partial charge in [-0.3, -0.25) is 4.68 Å². The summed E-state index contributed by atoms with van der Waals surface area (Å²) in [5, 5.41) is 7.65. The Labute approximate surface area is 84.7 Å². The van der Waals surface area contributed by atoms with Crippen LogP contribution in [0.25, 0.3) is 0 Å². The number of nitrogens with one attached hydrogen (secondary N) is 1. The fourth-order valence-electron chi connectivity index (χ4n) is 2.00. The topological polar surface area (TPSA) is 42.7 Å². The third kappa shape index (κ3) is 2.32. The molecule has 78 valence electrons. The quantitative estimate of drug-likeness (QED) is 0.760. The van der Waals surface area contributed by atoms with E-state index >= 15 is 0 Å². The predicted molar refractivity (Wildman–Crippen MR) is 55.0 cm³/mol. The Morgan fingerprint density at radius 3 is 3.21 bits per heavy atom. The molecule has 0 aliphatic carbocycles. The highest BCUT2D eigenvalue weighted by Crippen LogP contribution is 2.11. The Kier molecular flexibility index (Phi) is 3.14. The zero-order valence-electron chi connectivity index (χ0n) is 8.74. The first-order chi connectivity index (χ1) is 6.86. The fraction of sp³-hybridized carbons (Fsp3) is 0.800. The molecular weight excluding hydrogens is 176 g/mol.